The summed E-state index contributed by atoms with van der Waals surface area (Å²) in [6, 6.07) is 7.98. The van der Waals surface area contributed by atoms with Crippen LogP contribution in [0.2, 0.25) is 0 Å². The van der Waals surface area contributed by atoms with Gasteiger partial charge in [0.05, 0.1) is 12.0 Å². The molecule has 2 fully saturated rings. The highest BCUT2D eigenvalue weighted by molar-refractivity contribution is 5.79. The van der Waals surface area contributed by atoms with Crippen LogP contribution in [0, 0.1) is 24.7 Å². The molecular formula is C19H24F3NO. The molecule has 1 amide bonds. The van der Waals surface area contributed by atoms with Gasteiger partial charge in [0.15, 0.2) is 0 Å². The third-order valence-electron chi connectivity index (χ3n) is 5.34. The Bertz CT molecular complexity index is 577. The second kappa shape index (κ2) is 6.77. The Kier molecular flexibility index (Phi) is 4.88. The molecule has 2 aliphatic rings. The van der Waals surface area contributed by atoms with Gasteiger partial charge in [0.25, 0.3) is 0 Å². The van der Waals surface area contributed by atoms with Gasteiger partial charge in [-0.3, -0.25) is 4.79 Å². The van der Waals surface area contributed by atoms with E-state index < -0.39 is 18.0 Å². The van der Waals surface area contributed by atoms with E-state index in [4.69, 9.17) is 0 Å². The SMILES string of the molecule is Cc1ccc(C(NC(=O)C2CCCC(C(F)(F)F)C2)C2CC2)cc1. The van der Waals surface area contributed by atoms with E-state index in [0.29, 0.717) is 18.8 Å². The number of carbonyl (C=O) groups is 1. The summed E-state index contributed by atoms with van der Waals surface area (Å²) in [5.41, 5.74) is 2.21. The van der Waals surface area contributed by atoms with E-state index in [1.165, 1.54) is 0 Å². The normalized spacial score (nSPS) is 26.0. The lowest BCUT2D eigenvalue weighted by Crippen LogP contribution is -2.39. The van der Waals surface area contributed by atoms with Crippen LogP contribution in [0.1, 0.15) is 55.7 Å². The Morgan fingerprint density at radius 1 is 1.12 bits per heavy atom. The van der Waals surface area contributed by atoms with Crippen molar-refractivity contribution in [2.75, 3.05) is 0 Å². The highest BCUT2D eigenvalue weighted by Crippen LogP contribution is 2.43. The number of hydrogen-bond acceptors (Lipinski definition) is 1. The molecule has 2 aliphatic carbocycles. The van der Waals surface area contributed by atoms with Gasteiger partial charge in [-0.05, 0) is 50.5 Å². The van der Waals surface area contributed by atoms with Gasteiger partial charge in [-0.15, -0.1) is 0 Å². The van der Waals surface area contributed by atoms with Crippen molar-refractivity contribution in [3.8, 4) is 0 Å². The predicted octanol–water partition coefficient (Wildman–Crippen LogP) is 4.93. The molecule has 0 spiro atoms. The maximum absolute atomic E-state index is 12.9. The molecule has 0 saturated heterocycles. The average molecular weight is 339 g/mol. The van der Waals surface area contributed by atoms with E-state index in [9.17, 15) is 18.0 Å². The summed E-state index contributed by atoms with van der Waals surface area (Å²) < 4.78 is 38.8. The fraction of sp³-hybridized carbons (Fsp3) is 0.632. The molecule has 132 valence electrons. The topological polar surface area (TPSA) is 29.1 Å². The van der Waals surface area contributed by atoms with Crippen LogP contribution in [-0.4, -0.2) is 12.1 Å². The minimum Gasteiger partial charge on any atom is -0.349 e. The van der Waals surface area contributed by atoms with Crippen molar-refractivity contribution >= 4 is 5.91 Å². The molecular weight excluding hydrogens is 315 g/mol. The largest absolute Gasteiger partial charge is 0.391 e. The molecule has 3 unspecified atom stereocenters. The second-order valence-corrected chi connectivity index (χ2v) is 7.34. The predicted molar refractivity (Wildman–Crippen MR) is 86.3 cm³/mol. The van der Waals surface area contributed by atoms with Crippen LogP contribution in [0.5, 0.6) is 0 Å². The summed E-state index contributed by atoms with van der Waals surface area (Å²) in [5.74, 6) is -1.64. The van der Waals surface area contributed by atoms with Crippen molar-refractivity contribution in [2.45, 2.75) is 57.7 Å². The highest BCUT2D eigenvalue weighted by atomic mass is 19.4. The summed E-state index contributed by atoms with van der Waals surface area (Å²) in [6.45, 7) is 2.01. The van der Waals surface area contributed by atoms with Gasteiger partial charge in [0.1, 0.15) is 0 Å². The van der Waals surface area contributed by atoms with Gasteiger partial charge in [-0.25, -0.2) is 0 Å². The first-order chi connectivity index (χ1) is 11.3. The summed E-state index contributed by atoms with van der Waals surface area (Å²) in [5, 5.41) is 3.05. The van der Waals surface area contributed by atoms with Gasteiger partial charge in [-0.2, -0.15) is 13.2 Å². The average Bonchev–Trinajstić information content (AvgIpc) is 3.37. The molecule has 1 aromatic carbocycles. The molecule has 2 nitrogen and oxygen atoms in total. The number of halogens is 3. The molecule has 0 heterocycles. The first-order valence-corrected chi connectivity index (χ1v) is 8.78. The fourth-order valence-corrected chi connectivity index (χ4v) is 3.67. The third-order valence-corrected chi connectivity index (χ3v) is 5.34. The van der Waals surface area contributed by atoms with Crippen molar-refractivity contribution < 1.29 is 18.0 Å². The van der Waals surface area contributed by atoms with Crippen LogP contribution in [-0.2, 0) is 4.79 Å². The molecule has 0 aromatic heterocycles. The lowest BCUT2D eigenvalue weighted by atomic mass is 9.80. The number of rotatable bonds is 4. The van der Waals surface area contributed by atoms with E-state index in [-0.39, 0.29) is 24.8 Å². The molecule has 0 aliphatic heterocycles. The zero-order valence-corrected chi connectivity index (χ0v) is 13.9. The Morgan fingerprint density at radius 3 is 2.38 bits per heavy atom. The zero-order chi connectivity index (χ0) is 17.3. The number of carbonyl (C=O) groups excluding carboxylic acids is 1. The Morgan fingerprint density at radius 2 is 1.79 bits per heavy atom. The molecule has 24 heavy (non-hydrogen) atoms. The number of nitrogens with one attached hydrogen (secondary N) is 1. The molecule has 1 N–H and O–H groups in total. The van der Waals surface area contributed by atoms with Crippen LogP contribution in [0.15, 0.2) is 24.3 Å². The molecule has 2 saturated carbocycles. The van der Waals surface area contributed by atoms with Crippen molar-refractivity contribution in [1.29, 1.82) is 0 Å². The first-order valence-electron chi connectivity index (χ1n) is 8.78. The first kappa shape index (κ1) is 17.3. The van der Waals surface area contributed by atoms with Crippen LogP contribution in [0.3, 0.4) is 0 Å². The molecule has 3 rings (SSSR count). The Labute approximate surface area is 140 Å². The highest BCUT2D eigenvalue weighted by Gasteiger charge is 2.44. The third kappa shape index (κ3) is 4.11. The minimum atomic E-state index is -4.19. The minimum absolute atomic E-state index is 0.0654. The van der Waals surface area contributed by atoms with E-state index in [0.717, 1.165) is 24.0 Å². The van der Waals surface area contributed by atoms with E-state index in [1.807, 2.05) is 31.2 Å². The van der Waals surface area contributed by atoms with Gasteiger partial charge < -0.3 is 5.32 Å². The van der Waals surface area contributed by atoms with E-state index in [2.05, 4.69) is 5.32 Å². The van der Waals surface area contributed by atoms with Crippen LogP contribution in [0.25, 0.3) is 0 Å². The van der Waals surface area contributed by atoms with Crippen LogP contribution >= 0.6 is 0 Å². The van der Waals surface area contributed by atoms with Crippen molar-refractivity contribution in [2.24, 2.45) is 17.8 Å². The summed E-state index contributed by atoms with van der Waals surface area (Å²) in [6.07, 6.45) is -0.947. The van der Waals surface area contributed by atoms with Crippen molar-refractivity contribution in [1.82, 2.24) is 5.32 Å². The molecule has 3 atom stereocenters. The van der Waals surface area contributed by atoms with Crippen LogP contribution in [0.4, 0.5) is 13.2 Å². The standard InChI is InChI=1S/C19H24F3NO/c1-12-5-7-13(8-6-12)17(14-9-10-14)23-18(24)15-3-2-4-16(11-15)19(20,21)22/h5-8,14-17H,2-4,9-11H2,1H3,(H,23,24). The van der Waals surface area contributed by atoms with Crippen molar-refractivity contribution in [3.05, 3.63) is 35.4 Å². The molecule has 1 aromatic rings. The maximum atomic E-state index is 12.9. The van der Waals surface area contributed by atoms with Gasteiger partial charge in [0.2, 0.25) is 5.91 Å². The van der Waals surface area contributed by atoms with Gasteiger partial charge in [0, 0.05) is 5.92 Å². The summed E-state index contributed by atoms with van der Waals surface area (Å²) >= 11 is 0. The van der Waals surface area contributed by atoms with Gasteiger partial charge >= 0.3 is 6.18 Å². The number of benzene rings is 1. The van der Waals surface area contributed by atoms with Crippen molar-refractivity contribution in [3.63, 3.8) is 0 Å². The number of aryl methyl sites for hydroxylation is 1. The smallest absolute Gasteiger partial charge is 0.349 e. The van der Waals surface area contributed by atoms with Gasteiger partial charge in [-0.1, -0.05) is 36.2 Å². The summed E-state index contributed by atoms with van der Waals surface area (Å²) in [4.78, 5) is 12.6. The van der Waals surface area contributed by atoms with Crippen LogP contribution < -0.4 is 5.32 Å². The molecule has 0 radical (unpaired) electrons. The monoisotopic (exact) mass is 339 g/mol. The Hall–Kier alpha value is -1.52. The van der Waals surface area contributed by atoms with E-state index >= 15 is 0 Å². The summed E-state index contributed by atoms with van der Waals surface area (Å²) in [7, 11) is 0. The number of alkyl halides is 3. The lowest BCUT2D eigenvalue weighted by molar-refractivity contribution is -0.186. The lowest BCUT2D eigenvalue weighted by Gasteiger charge is -2.31. The number of amides is 1. The zero-order valence-electron chi connectivity index (χ0n) is 13.9. The molecule has 5 heteroatoms. The fourth-order valence-electron chi connectivity index (χ4n) is 3.67. The molecule has 0 bridgehead atoms. The maximum Gasteiger partial charge on any atom is 0.391 e. The van der Waals surface area contributed by atoms with E-state index in [1.54, 1.807) is 0 Å². The quantitative estimate of drug-likeness (QED) is 0.828. The number of hydrogen-bond donors (Lipinski definition) is 1. The Balaban J connectivity index is 1.66. The second-order valence-electron chi connectivity index (χ2n) is 7.34.